The minimum absolute atomic E-state index is 0.161. The summed E-state index contributed by atoms with van der Waals surface area (Å²) in [6.45, 7) is -0.546. The van der Waals surface area contributed by atoms with Gasteiger partial charge in [-0.05, 0) is 12.1 Å². The fraction of sp³-hybridized carbons (Fsp3) is 0.462. The van der Waals surface area contributed by atoms with Crippen molar-refractivity contribution in [3.63, 3.8) is 0 Å². The third-order valence-corrected chi connectivity index (χ3v) is 5.01. The average molecular weight is 333 g/mol. The molecule has 0 fully saturated rings. The highest BCUT2D eigenvalue weighted by Gasteiger charge is 2.19. The summed E-state index contributed by atoms with van der Waals surface area (Å²) in [7, 11) is 4.51. The number of ether oxygens (including phenoxy) is 2. The van der Waals surface area contributed by atoms with Gasteiger partial charge in [0.05, 0.1) is 7.11 Å². The molecule has 1 rings (SSSR count). The van der Waals surface area contributed by atoms with Crippen molar-refractivity contribution in [3.05, 3.63) is 24.0 Å². The summed E-state index contributed by atoms with van der Waals surface area (Å²) >= 11 is 0. The third-order valence-electron chi connectivity index (χ3n) is 2.66. The minimum Gasteiger partial charge on any atom is -0.493 e. The molecule has 22 heavy (non-hydrogen) atoms. The Bertz CT molecular complexity index is 641. The highest BCUT2D eigenvalue weighted by molar-refractivity contribution is 7.89. The zero-order valence-corrected chi connectivity index (χ0v) is 14.0. The Kier molecular flexibility index (Phi) is 6.27. The number of nitrogens with zero attached hydrogens (tertiary/aromatic N) is 3. The SMILES string of the molecule is COc1cccc(F)c1OCC(=O)N=S(=O)(N(C)C)N(C)C. The van der Waals surface area contributed by atoms with Crippen molar-refractivity contribution < 1.29 is 22.9 Å². The van der Waals surface area contributed by atoms with E-state index in [4.69, 9.17) is 9.47 Å². The van der Waals surface area contributed by atoms with E-state index in [1.165, 1.54) is 33.9 Å². The Hall–Kier alpha value is -1.71. The van der Waals surface area contributed by atoms with Gasteiger partial charge in [-0.15, -0.1) is 4.36 Å². The van der Waals surface area contributed by atoms with Gasteiger partial charge in [-0.25, -0.2) is 17.2 Å². The van der Waals surface area contributed by atoms with Gasteiger partial charge in [-0.1, -0.05) is 6.07 Å². The molecule has 0 saturated heterocycles. The molecule has 0 unspecified atom stereocenters. The maximum absolute atomic E-state index is 13.7. The number of carbonyl (C=O) groups is 1. The van der Waals surface area contributed by atoms with Crippen molar-refractivity contribution in [3.8, 4) is 11.5 Å². The van der Waals surface area contributed by atoms with Crippen LogP contribution in [0, 0.1) is 5.82 Å². The van der Waals surface area contributed by atoms with Crippen molar-refractivity contribution in [1.29, 1.82) is 0 Å². The van der Waals surface area contributed by atoms with Gasteiger partial charge in [0.1, 0.15) is 0 Å². The zero-order chi connectivity index (χ0) is 16.9. The van der Waals surface area contributed by atoms with Crippen LogP contribution in [0.15, 0.2) is 22.6 Å². The maximum Gasteiger partial charge on any atom is 0.293 e. The van der Waals surface area contributed by atoms with Crippen LogP contribution in [0.5, 0.6) is 11.5 Å². The van der Waals surface area contributed by atoms with E-state index in [9.17, 15) is 13.4 Å². The number of hydrogen-bond acceptors (Lipinski definition) is 4. The fourth-order valence-electron chi connectivity index (χ4n) is 1.57. The molecule has 0 atom stereocenters. The van der Waals surface area contributed by atoms with Crippen molar-refractivity contribution in [2.45, 2.75) is 0 Å². The largest absolute Gasteiger partial charge is 0.493 e. The van der Waals surface area contributed by atoms with Gasteiger partial charge in [-0.2, -0.15) is 0 Å². The van der Waals surface area contributed by atoms with Crippen molar-refractivity contribution in [2.24, 2.45) is 4.36 Å². The summed E-state index contributed by atoms with van der Waals surface area (Å²) in [4.78, 5) is 11.9. The van der Waals surface area contributed by atoms with Crippen LogP contribution in [0.4, 0.5) is 4.39 Å². The summed E-state index contributed by atoms with van der Waals surface area (Å²) < 4.78 is 42.6. The minimum atomic E-state index is -3.01. The molecule has 0 aliphatic heterocycles. The lowest BCUT2D eigenvalue weighted by atomic mass is 10.3. The molecule has 0 aliphatic carbocycles. The van der Waals surface area contributed by atoms with E-state index < -0.39 is 28.4 Å². The highest BCUT2D eigenvalue weighted by Crippen LogP contribution is 2.29. The van der Waals surface area contributed by atoms with Crippen molar-refractivity contribution in [2.75, 3.05) is 41.9 Å². The summed E-state index contributed by atoms with van der Waals surface area (Å²) in [6, 6.07) is 4.14. The third kappa shape index (κ3) is 4.15. The van der Waals surface area contributed by atoms with Crippen LogP contribution in [0.3, 0.4) is 0 Å². The molecule has 0 saturated carbocycles. The fourth-order valence-corrected chi connectivity index (χ4v) is 2.87. The maximum atomic E-state index is 13.7. The topological polar surface area (TPSA) is 71.4 Å². The van der Waals surface area contributed by atoms with Gasteiger partial charge >= 0.3 is 0 Å². The van der Waals surface area contributed by atoms with E-state index >= 15 is 0 Å². The number of amides is 1. The summed E-state index contributed by atoms with van der Waals surface area (Å²) in [5.74, 6) is -1.45. The van der Waals surface area contributed by atoms with E-state index in [2.05, 4.69) is 4.36 Å². The monoisotopic (exact) mass is 333 g/mol. The van der Waals surface area contributed by atoms with Gasteiger partial charge in [0.2, 0.25) is 0 Å². The first-order chi connectivity index (χ1) is 10.2. The molecule has 9 heteroatoms. The number of hydrogen-bond donors (Lipinski definition) is 0. The second-order valence-electron chi connectivity index (χ2n) is 4.64. The first-order valence-electron chi connectivity index (χ1n) is 6.32. The van der Waals surface area contributed by atoms with Gasteiger partial charge in [0, 0.05) is 28.2 Å². The molecule has 7 nitrogen and oxygen atoms in total. The second kappa shape index (κ2) is 7.52. The summed E-state index contributed by atoms with van der Waals surface area (Å²) in [6.07, 6.45) is 0. The molecular formula is C13H20FN3O4S. The Labute approximate surface area is 130 Å². The van der Waals surface area contributed by atoms with Crippen LogP contribution in [0.1, 0.15) is 0 Å². The first kappa shape index (κ1) is 18.3. The van der Waals surface area contributed by atoms with Crippen LogP contribution in [-0.4, -0.2) is 60.6 Å². The van der Waals surface area contributed by atoms with Gasteiger partial charge in [0.25, 0.3) is 5.91 Å². The molecule has 0 bridgehead atoms. The van der Waals surface area contributed by atoms with E-state index in [0.717, 1.165) is 0 Å². The summed E-state index contributed by atoms with van der Waals surface area (Å²) in [5.41, 5.74) is 0. The van der Waals surface area contributed by atoms with E-state index in [-0.39, 0.29) is 11.5 Å². The van der Waals surface area contributed by atoms with Crippen molar-refractivity contribution >= 4 is 16.0 Å². The number of rotatable bonds is 6. The number of para-hydroxylation sites is 1. The van der Waals surface area contributed by atoms with Crippen molar-refractivity contribution in [1.82, 2.24) is 8.61 Å². The molecule has 0 aliphatic rings. The quantitative estimate of drug-likeness (QED) is 0.783. The lowest BCUT2D eigenvalue weighted by Crippen LogP contribution is -2.35. The molecule has 0 heterocycles. The molecular weight excluding hydrogens is 313 g/mol. The molecule has 1 aromatic carbocycles. The van der Waals surface area contributed by atoms with Crippen LogP contribution in [0.25, 0.3) is 0 Å². The Morgan fingerprint density at radius 2 is 1.86 bits per heavy atom. The average Bonchev–Trinajstić information content (AvgIpc) is 2.45. The van der Waals surface area contributed by atoms with E-state index in [1.54, 1.807) is 28.2 Å². The molecule has 124 valence electrons. The highest BCUT2D eigenvalue weighted by atomic mass is 32.2. The lowest BCUT2D eigenvalue weighted by molar-refractivity contribution is -0.119. The Balaban J connectivity index is 2.94. The Morgan fingerprint density at radius 3 is 2.36 bits per heavy atom. The standard InChI is InChI=1S/C13H20FN3O4S/c1-16(2)22(19,17(3)4)15-12(18)9-21-13-10(14)7-6-8-11(13)20-5/h6-8H,9H2,1-5H3. The zero-order valence-electron chi connectivity index (χ0n) is 13.2. The molecule has 1 aromatic rings. The van der Waals surface area contributed by atoms with Crippen LogP contribution in [0.2, 0.25) is 0 Å². The summed E-state index contributed by atoms with van der Waals surface area (Å²) in [5, 5.41) is 0. The molecule has 0 N–H and O–H groups in total. The molecule has 0 aromatic heterocycles. The number of methoxy groups -OCH3 is 1. The number of benzene rings is 1. The Morgan fingerprint density at radius 1 is 1.27 bits per heavy atom. The first-order valence-corrected chi connectivity index (χ1v) is 7.75. The van der Waals surface area contributed by atoms with Crippen LogP contribution in [-0.2, 0) is 14.9 Å². The predicted molar refractivity (Wildman–Crippen MR) is 81.4 cm³/mol. The van der Waals surface area contributed by atoms with Gasteiger partial charge < -0.3 is 9.47 Å². The van der Waals surface area contributed by atoms with Crippen LogP contribution < -0.4 is 9.47 Å². The lowest BCUT2D eigenvalue weighted by Gasteiger charge is -2.22. The van der Waals surface area contributed by atoms with E-state index in [1.807, 2.05) is 0 Å². The number of halogens is 1. The second-order valence-corrected chi connectivity index (χ2v) is 7.22. The molecule has 0 radical (unpaired) electrons. The van der Waals surface area contributed by atoms with Crippen LogP contribution >= 0.6 is 0 Å². The molecule has 1 amide bonds. The molecule has 0 spiro atoms. The van der Waals surface area contributed by atoms with Gasteiger partial charge in [-0.3, -0.25) is 4.79 Å². The smallest absolute Gasteiger partial charge is 0.293 e. The number of carbonyl (C=O) groups excluding carboxylic acids is 1. The van der Waals surface area contributed by atoms with Gasteiger partial charge in [0.15, 0.2) is 34.0 Å². The van der Waals surface area contributed by atoms with E-state index in [0.29, 0.717) is 0 Å². The normalized spacial score (nSPS) is 11.6. The predicted octanol–water partition coefficient (Wildman–Crippen LogP) is 1.16.